The van der Waals surface area contributed by atoms with Crippen molar-refractivity contribution >= 4 is 44.8 Å². The van der Waals surface area contributed by atoms with E-state index in [1.807, 2.05) is 13.8 Å². The molecule has 0 heterocycles. The van der Waals surface area contributed by atoms with E-state index in [9.17, 15) is 13.2 Å². The molecule has 0 spiro atoms. The minimum Gasteiger partial charge on any atom is -0.350 e. The van der Waals surface area contributed by atoms with Crippen molar-refractivity contribution in [3.63, 3.8) is 0 Å². The zero-order valence-corrected chi connectivity index (χ0v) is 15.3. The van der Waals surface area contributed by atoms with Crippen LogP contribution >= 0.6 is 23.2 Å². The molecule has 8 heteroatoms. The van der Waals surface area contributed by atoms with Gasteiger partial charge in [0.25, 0.3) is 15.9 Å². The average Bonchev–Trinajstić information content (AvgIpc) is 2.51. The van der Waals surface area contributed by atoms with Gasteiger partial charge in [-0.2, -0.15) is 0 Å². The number of nitrogens with one attached hydrogen (secondary N) is 2. The van der Waals surface area contributed by atoms with Gasteiger partial charge in [-0.15, -0.1) is 0 Å². The fourth-order valence-electron chi connectivity index (χ4n) is 1.94. The quantitative estimate of drug-likeness (QED) is 0.816. The number of sulfonamides is 1. The number of amides is 1. The second-order valence-corrected chi connectivity index (χ2v) is 7.83. The summed E-state index contributed by atoms with van der Waals surface area (Å²) < 4.78 is 27.4. The first-order valence-electron chi connectivity index (χ1n) is 7.08. The maximum Gasteiger partial charge on any atom is 0.261 e. The monoisotopic (exact) mass is 386 g/mol. The highest BCUT2D eigenvalue weighted by atomic mass is 35.5. The molecular formula is C16H16Cl2N2O3S. The zero-order chi connectivity index (χ0) is 17.9. The van der Waals surface area contributed by atoms with Crippen molar-refractivity contribution in [3.8, 4) is 0 Å². The molecule has 2 rings (SSSR count). The van der Waals surface area contributed by atoms with Crippen LogP contribution in [0.15, 0.2) is 47.4 Å². The summed E-state index contributed by atoms with van der Waals surface area (Å²) in [6, 6.07) is 10.3. The van der Waals surface area contributed by atoms with Crippen molar-refractivity contribution in [1.29, 1.82) is 0 Å². The summed E-state index contributed by atoms with van der Waals surface area (Å²) in [5.74, 6) is -0.345. The molecule has 2 aromatic carbocycles. The normalized spacial score (nSPS) is 11.4. The molecule has 0 radical (unpaired) electrons. The average molecular weight is 387 g/mol. The van der Waals surface area contributed by atoms with Crippen molar-refractivity contribution < 1.29 is 13.2 Å². The number of halogens is 2. The number of benzene rings is 2. The molecule has 0 unspecified atom stereocenters. The van der Waals surface area contributed by atoms with Crippen molar-refractivity contribution in [3.05, 3.63) is 58.1 Å². The summed E-state index contributed by atoms with van der Waals surface area (Å²) in [6.45, 7) is 3.64. The van der Waals surface area contributed by atoms with Gasteiger partial charge in [0.05, 0.1) is 20.6 Å². The molecule has 0 aromatic heterocycles. The van der Waals surface area contributed by atoms with Crippen molar-refractivity contribution in [2.24, 2.45) is 0 Å². The second-order valence-electron chi connectivity index (χ2n) is 5.36. The Morgan fingerprint density at radius 3 is 2.42 bits per heavy atom. The van der Waals surface area contributed by atoms with Gasteiger partial charge >= 0.3 is 0 Å². The highest BCUT2D eigenvalue weighted by Gasteiger charge is 2.18. The highest BCUT2D eigenvalue weighted by Crippen LogP contribution is 2.31. The van der Waals surface area contributed by atoms with Gasteiger partial charge in [0.15, 0.2) is 0 Å². The van der Waals surface area contributed by atoms with Crippen LogP contribution in [0.3, 0.4) is 0 Å². The lowest BCUT2D eigenvalue weighted by atomic mass is 10.2. The Kier molecular flexibility index (Phi) is 5.74. The Morgan fingerprint density at radius 2 is 1.75 bits per heavy atom. The molecule has 5 nitrogen and oxygen atoms in total. The first-order chi connectivity index (χ1) is 11.2. The van der Waals surface area contributed by atoms with Gasteiger partial charge in [0.1, 0.15) is 0 Å². The van der Waals surface area contributed by atoms with Crippen LogP contribution in [0.4, 0.5) is 5.69 Å². The molecule has 0 aliphatic rings. The van der Waals surface area contributed by atoms with Crippen molar-refractivity contribution in [2.45, 2.75) is 24.8 Å². The minimum atomic E-state index is -3.91. The van der Waals surface area contributed by atoms with Gasteiger partial charge in [-0.05, 0) is 44.2 Å². The van der Waals surface area contributed by atoms with Gasteiger partial charge in [-0.1, -0.05) is 35.3 Å². The van der Waals surface area contributed by atoms with Crippen LogP contribution in [0.5, 0.6) is 0 Å². The summed E-state index contributed by atoms with van der Waals surface area (Å²) in [6.07, 6.45) is 0. The van der Waals surface area contributed by atoms with E-state index in [2.05, 4.69) is 10.0 Å². The number of rotatable bonds is 5. The Morgan fingerprint density at radius 1 is 1.08 bits per heavy atom. The van der Waals surface area contributed by atoms with Gasteiger partial charge in [-0.3, -0.25) is 9.52 Å². The predicted molar refractivity (Wildman–Crippen MR) is 96.3 cm³/mol. The van der Waals surface area contributed by atoms with Gasteiger partial charge < -0.3 is 5.32 Å². The maximum absolute atomic E-state index is 12.5. The molecule has 0 aliphatic heterocycles. The van der Waals surface area contributed by atoms with Crippen LogP contribution in [-0.2, 0) is 10.0 Å². The number of hydrogen-bond donors (Lipinski definition) is 2. The summed E-state index contributed by atoms with van der Waals surface area (Å²) in [4.78, 5) is 12.0. The van der Waals surface area contributed by atoms with E-state index >= 15 is 0 Å². The third kappa shape index (κ3) is 4.41. The fourth-order valence-corrected chi connectivity index (χ4v) is 3.46. The number of carbonyl (C=O) groups is 1. The Balaban J connectivity index is 2.33. The summed E-state index contributed by atoms with van der Waals surface area (Å²) in [5.41, 5.74) is 0.421. The topological polar surface area (TPSA) is 75.3 Å². The van der Waals surface area contributed by atoms with E-state index in [0.717, 1.165) is 0 Å². The molecule has 2 aromatic rings. The third-order valence-electron chi connectivity index (χ3n) is 3.02. The van der Waals surface area contributed by atoms with Crippen molar-refractivity contribution in [1.82, 2.24) is 5.32 Å². The molecule has 0 aliphatic carbocycles. The lowest BCUT2D eigenvalue weighted by Gasteiger charge is -2.12. The maximum atomic E-state index is 12.5. The van der Waals surface area contributed by atoms with Gasteiger partial charge in [0.2, 0.25) is 0 Å². The van der Waals surface area contributed by atoms with Crippen LogP contribution in [-0.4, -0.2) is 20.4 Å². The van der Waals surface area contributed by atoms with E-state index in [0.29, 0.717) is 0 Å². The van der Waals surface area contributed by atoms with Crippen LogP contribution in [0.25, 0.3) is 0 Å². The molecule has 0 saturated heterocycles. The van der Waals surface area contributed by atoms with E-state index in [1.54, 1.807) is 18.2 Å². The SMILES string of the molecule is CC(C)NC(=O)c1cccc(S(=O)(=O)Nc2cccc(Cl)c2Cl)c1. The lowest BCUT2D eigenvalue weighted by molar-refractivity contribution is 0.0943. The highest BCUT2D eigenvalue weighted by molar-refractivity contribution is 7.92. The van der Waals surface area contributed by atoms with Gasteiger partial charge in [-0.25, -0.2) is 8.42 Å². The minimum absolute atomic E-state index is 0.0463. The van der Waals surface area contributed by atoms with Crippen LogP contribution in [0.2, 0.25) is 10.0 Å². The molecular weight excluding hydrogens is 371 g/mol. The smallest absolute Gasteiger partial charge is 0.261 e. The lowest BCUT2D eigenvalue weighted by Crippen LogP contribution is -2.30. The fraction of sp³-hybridized carbons (Fsp3) is 0.188. The molecule has 128 valence electrons. The summed E-state index contributed by atoms with van der Waals surface area (Å²) in [5, 5.41) is 3.06. The van der Waals surface area contributed by atoms with Crippen LogP contribution < -0.4 is 10.0 Å². The predicted octanol–water partition coefficient (Wildman–Crippen LogP) is 3.93. The first-order valence-corrected chi connectivity index (χ1v) is 9.32. The number of anilines is 1. The van der Waals surface area contributed by atoms with E-state index in [4.69, 9.17) is 23.2 Å². The molecule has 1 amide bonds. The summed E-state index contributed by atoms with van der Waals surface area (Å²) >= 11 is 11.9. The van der Waals surface area contributed by atoms with E-state index in [-0.39, 0.29) is 38.1 Å². The largest absolute Gasteiger partial charge is 0.350 e. The third-order valence-corrected chi connectivity index (χ3v) is 5.20. The molecule has 0 bridgehead atoms. The number of carbonyl (C=O) groups excluding carboxylic acids is 1. The van der Waals surface area contributed by atoms with Crippen LogP contribution in [0, 0.1) is 0 Å². The Bertz CT molecular complexity index is 867. The van der Waals surface area contributed by atoms with Crippen molar-refractivity contribution in [2.75, 3.05) is 4.72 Å². The molecule has 24 heavy (non-hydrogen) atoms. The van der Waals surface area contributed by atoms with E-state index in [1.165, 1.54) is 24.3 Å². The zero-order valence-electron chi connectivity index (χ0n) is 13.0. The standard InChI is InChI=1S/C16H16Cl2N2O3S/c1-10(2)19-16(21)11-5-3-6-12(9-11)24(22,23)20-14-8-4-7-13(17)15(14)18/h3-10,20H,1-2H3,(H,19,21). The first kappa shape index (κ1) is 18.6. The van der Waals surface area contributed by atoms with E-state index < -0.39 is 10.0 Å². The molecule has 0 saturated carbocycles. The molecule has 0 atom stereocenters. The Labute approximate surface area is 151 Å². The van der Waals surface area contributed by atoms with Gasteiger partial charge in [0, 0.05) is 11.6 Å². The van der Waals surface area contributed by atoms with Crippen LogP contribution in [0.1, 0.15) is 24.2 Å². The molecule has 2 N–H and O–H groups in total. The molecule has 0 fully saturated rings. The summed E-state index contributed by atoms with van der Waals surface area (Å²) in [7, 11) is -3.91. The number of hydrogen-bond acceptors (Lipinski definition) is 3. The Hall–Kier alpha value is -1.76. The second kappa shape index (κ2) is 7.42.